The molecule has 9 heteroatoms. The number of phosphoric ester groups is 1. The molecule has 8 nitrogen and oxygen atoms in total. The quantitative estimate of drug-likeness (QED) is 0.0197. The first-order valence-corrected chi connectivity index (χ1v) is 28.8. The molecule has 0 amide bonds. The number of likely N-dealkylation sites (N-methyl/N-ethyl adjacent to an activating group) is 1. The maximum absolute atomic E-state index is 12.8. The van der Waals surface area contributed by atoms with E-state index in [9.17, 15) is 14.3 Å². The van der Waals surface area contributed by atoms with Gasteiger partial charge in [-0.2, -0.15) is 0 Å². The highest BCUT2D eigenvalue weighted by Crippen LogP contribution is 2.38. The van der Waals surface area contributed by atoms with E-state index in [2.05, 4.69) is 98.9 Å². The summed E-state index contributed by atoms with van der Waals surface area (Å²) in [6, 6.07) is 0. The second-order valence-corrected chi connectivity index (χ2v) is 20.6. The Hall–Kier alpha value is -2.32. The Balaban J connectivity index is 4.18. The number of hydrogen-bond acceptors (Lipinski definition) is 7. The molecule has 2 atom stereocenters. The minimum Gasteiger partial charge on any atom is -0.756 e. The van der Waals surface area contributed by atoms with Crippen LogP contribution in [0.2, 0.25) is 0 Å². The summed E-state index contributed by atoms with van der Waals surface area (Å²) >= 11 is 0. The number of quaternary nitrogens is 1. The maximum atomic E-state index is 12.8. The predicted molar refractivity (Wildman–Crippen MR) is 286 cm³/mol. The van der Waals surface area contributed by atoms with Crippen molar-refractivity contribution in [1.82, 2.24) is 0 Å². The zero-order valence-electron chi connectivity index (χ0n) is 44.1. The van der Waals surface area contributed by atoms with Gasteiger partial charge < -0.3 is 27.9 Å². The van der Waals surface area contributed by atoms with E-state index < -0.39 is 13.9 Å². The zero-order chi connectivity index (χ0) is 49.0. The summed E-state index contributed by atoms with van der Waals surface area (Å²) in [7, 11) is 1.33. The molecule has 0 aromatic carbocycles. The van der Waals surface area contributed by atoms with Gasteiger partial charge in [0, 0.05) is 13.0 Å². The van der Waals surface area contributed by atoms with E-state index in [0.29, 0.717) is 24.1 Å². The average molecular weight is 958 g/mol. The Morgan fingerprint density at radius 1 is 0.478 bits per heavy atom. The first kappa shape index (κ1) is 64.7. The number of carbonyl (C=O) groups excluding carboxylic acids is 1. The highest BCUT2D eigenvalue weighted by molar-refractivity contribution is 7.45. The first-order valence-electron chi connectivity index (χ1n) is 27.3. The molecule has 2 unspecified atom stereocenters. The summed E-state index contributed by atoms with van der Waals surface area (Å²) in [6.07, 6.45) is 67.6. The van der Waals surface area contributed by atoms with Gasteiger partial charge in [0.2, 0.25) is 0 Å². The van der Waals surface area contributed by atoms with Crippen LogP contribution in [0.5, 0.6) is 0 Å². The number of nitrogens with zero attached hydrogens (tertiary/aromatic N) is 1. The SMILES string of the molecule is CC/C=C\C/C=C\C/C=C\C/C=C\C/C=C\C/C=C\CCCCCCCOCC(COP(=O)([O-])OCC[N+](C)(C)C)OC(=O)CCCCCCCCCCC/C=C\CCCCCCCCCC. The Labute approximate surface area is 414 Å². The van der Waals surface area contributed by atoms with Crippen molar-refractivity contribution in [2.75, 3.05) is 54.1 Å². The largest absolute Gasteiger partial charge is 0.756 e. The van der Waals surface area contributed by atoms with Gasteiger partial charge in [0.25, 0.3) is 7.82 Å². The van der Waals surface area contributed by atoms with Crippen LogP contribution in [0.15, 0.2) is 85.1 Å². The van der Waals surface area contributed by atoms with E-state index in [1.807, 2.05) is 21.1 Å². The van der Waals surface area contributed by atoms with Gasteiger partial charge in [-0.25, -0.2) is 0 Å². The van der Waals surface area contributed by atoms with Gasteiger partial charge in [0.1, 0.15) is 19.3 Å². The van der Waals surface area contributed by atoms with Crippen molar-refractivity contribution < 1.29 is 37.3 Å². The Kier molecular flexibility index (Phi) is 48.3. The molecule has 0 rings (SSSR count). The van der Waals surface area contributed by atoms with Crippen LogP contribution in [0.3, 0.4) is 0 Å². The number of rotatable bonds is 50. The van der Waals surface area contributed by atoms with Gasteiger partial charge in [-0.15, -0.1) is 0 Å². The van der Waals surface area contributed by atoms with E-state index in [1.54, 1.807) is 0 Å². The molecule has 0 fully saturated rings. The monoisotopic (exact) mass is 958 g/mol. The Morgan fingerprint density at radius 3 is 1.31 bits per heavy atom. The molecule has 0 saturated carbocycles. The third-order valence-corrected chi connectivity index (χ3v) is 12.4. The fraction of sp³-hybridized carbons (Fsp3) is 0.741. The highest BCUT2D eigenvalue weighted by Gasteiger charge is 2.20. The Morgan fingerprint density at radius 2 is 0.866 bits per heavy atom. The lowest BCUT2D eigenvalue weighted by Gasteiger charge is -2.28. The predicted octanol–water partition coefficient (Wildman–Crippen LogP) is 16.5. The van der Waals surface area contributed by atoms with Crippen LogP contribution < -0.4 is 4.89 Å². The summed E-state index contributed by atoms with van der Waals surface area (Å²) in [4.78, 5) is 25.2. The van der Waals surface area contributed by atoms with Crippen LogP contribution in [0.25, 0.3) is 0 Å². The second-order valence-electron chi connectivity index (χ2n) is 19.2. The molecule has 0 heterocycles. The molecule has 0 bridgehead atoms. The molecular formula is C58H104NO7P. The molecule has 0 aromatic rings. The van der Waals surface area contributed by atoms with Crippen molar-refractivity contribution in [1.29, 1.82) is 0 Å². The summed E-state index contributed by atoms with van der Waals surface area (Å²) < 4.78 is 34.8. The van der Waals surface area contributed by atoms with Crippen LogP contribution in [0.4, 0.5) is 0 Å². The number of ether oxygens (including phenoxy) is 2. The molecule has 0 aliphatic heterocycles. The maximum Gasteiger partial charge on any atom is 0.306 e. The molecule has 388 valence electrons. The number of phosphoric acid groups is 1. The van der Waals surface area contributed by atoms with Crippen molar-refractivity contribution in [3.8, 4) is 0 Å². The lowest BCUT2D eigenvalue weighted by molar-refractivity contribution is -0.870. The van der Waals surface area contributed by atoms with Crippen LogP contribution in [-0.4, -0.2) is 70.7 Å². The van der Waals surface area contributed by atoms with Gasteiger partial charge >= 0.3 is 5.97 Å². The third kappa shape index (κ3) is 54.5. The molecule has 0 radical (unpaired) electrons. The smallest absolute Gasteiger partial charge is 0.306 e. The number of allylic oxidation sites excluding steroid dienone is 14. The second kappa shape index (κ2) is 50.1. The van der Waals surface area contributed by atoms with Crippen molar-refractivity contribution in [3.05, 3.63) is 85.1 Å². The van der Waals surface area contributed by atoms with Crippen LogP contribution >= 0.6 is 7.82 Å². The van der Waals surface area contributed by atoms with E-state index >= 15 is 0 Å². The molecule has 0 spiro atoms. The van der Waals surface area contributed by atoms with Crippen molar-refractivity contribution in [2.24, 2.45) is 0 Å². The first-order chi connectivity index (χ1) is 32.6. The van der Waals surface area contributed by atoms with Crippen molar-refractivity contribution in [3.63, 3.8) is 0 Å². The molecule has 0 aromatic heterocycles. The lowest BCUT2D eigenvalue weighted by Crippen LogP contribution is -2.37. The average Bonchev–Trinajstić information content (AvgIpc) is 3.29. The molecule has 0 N–H and O–H groups in total. The standard InChI is InChI=1S/C58H104NO7P/c1-6-8-10-12-14-16-18-20-22-24-26-28-29-30-32-34-36-38-40-42-44-46-48-50-53-63-55-57(56-65-67(61,62)64-54-52-59(3,4)5)66-58(60)51-49-47-45-43-41-39-37-35-33-31-27-25-23-21-19-17-15-13-11-9-7-2/h8,10,14,16,20,22,25-28,30,32,36,38,57H,6-7,9,11-13,15,17-19,21,23-24,29,31,33-35,37,39-56H2,1-5H3/b10-8-,16-14-,22-20-,27-25-,28-26-,32-30-,38-36-. The van der Waals surface area contributed by atoms with Crippen molar-refractivity contribution >= 4 is 13.8 Å². The van der Waals surface area contributed by atoms with E-state index in [4.69, 9.17) is 18.5 Å². The summed E-state index contributed by atoms with van der Waals surface area (Å²) in [5.74, 6) is -0.345. The molecule has 67 heavy (non-hydrogen) atoms. The van der Waals surface area contributed by atoms with Gasteiger partial charge in [-0.05, 0) is 89.9 Å². The minimum atomic E-state index is -4.54. The molecular weight excluding hydrogens is 854 g/mol. The van der Waals surface area contributed by atoms with Gasteiger partial charge in [0.05, 0.1) is 34.4 Å². The van der Waals surface area contributed by atoms with Crippen LogP contribution in [0.1, 0.15) is 219 Å². The van der Waals surface area contributed by atoms with E-state index in [1.165, 1.54) is 116 Å². The van der Waals surface area contributed by atoms with E-state index in [-0.39, 0.29) is 25.8 Å². The molecule has 0 aliphatic rings. The number of hydrogen-bond donors (Lipinski definition) is 0. The number of unbranched alkanes of at least 4 members (excludes halogenated alkanes) is 22. The summed E-state index contributed by atoms with van der Waals surface area (Å²) in [5.41, 5.74) is 0. The summed E-state index contributed by atoms with van der Waals surface area (Å²) in [6.45, 7) is 5.25. The van der Waals surface area contributed by atoms with Gasteiger partial charge in [-0.1, -0.05) is 208 Å². The number of carbonyl (C=O) groups is 1. The van der Waals surface area contributed by atoms with Crippen molar-refractivity contribution in [2.45, 2.75) is 225 Å². The normalized spacial score (nSPS) is 14.2. The summed E-state index contributed by atoms with van der Waals surface area (Å²) in [5, 5.41) is 0. The fourth-order valence-corrected chi connectivity index (χ4v) is 7.98. The third-order valence-electron chi connectivity index (χ3n) is 11.4. The van der Waals surface area contributed by atoms with Gasteiger partial charge in [-0.3, -0.25) is 9.36 Å². The molecule has 0 saturated heterocycles. The van der Waals surface area contributed by atoms with Gasteiger partial charge in [0.15, 0.2) is 0 Å². The topological polar surface area (TPSA) is 94.1 Å². The Bertz CT molecular complexity index is 1340. The van der Waals surface area contributed by atoms with E-state index in [0.717, 1.165) is 83.5 Å². The highest BCUT2D eigenvalue weighted by atomic mass is 31.2. The zero-order valence-corrected chi connectivity index (χ0v) is 45.0. The minimum absolute atomic E-state index is 0.0176. The van der Waals surface area contributed by atoms with Crippen LogP contribution in [-0.2, 0) is 27.9 Å². The molecule has 0 aliphatic carbocycles. The fourth-order valence-electron chi connectivity index (χ4n) is 7.25. The lowest BCUT2D eigenvalue weighted by atomic mass is 10.1. The van der Waals surface area contributed by atoms with Crippen LogP contribution in [0, 0.1) is 0 Å². The number of esters is 1.